The molecule has 0 spiro atoms. The van der Waals surface area contributed by atoms with Gasteiger partial charge in [-0.05, 0) is 37.4 Å². The van der Waals surface area contributed by atoms with Crippen LogP contribution in [0.1, 0.15) is 24.8 Å². The lowest BCUT2D eigenvalue weighted by molar-refractivity contribution is 0.531. The van der Waals surface area contributed by atoms with Crippen molar-refractivity contribution in [2.45, 2.75) is 26.3 Å². The summed E-state index contributed by atoms with van der Waals surface area (Å²) in [6.45, 7) is 4.10. The monoisotopic (exact) mass is 282 g/mol. The Morgan fingerprint density at radius 1 is 1.39 bits per heavy atom. The van der Waals surface area contributed by atoms with Crippen molar-refractivity contribution in [3.05, 3.63) is 29.3 Å². The van der Waals surface area contributed by atoms with E-state index in [2.05, 4.69) is 35.4 Å². The van der Waals surface area contributed by atoms with E-state index in [-0.39, 0.29) is 0 Å². The fourth-order valence-electron chi connectivity index (χ4n) is 1.84. The molecule has 1 atom stereocenters. The predicted molar refractivity (Wildman–Crippen MR) is 80.4 cm³/mol. The van der Waals surface area contributed by atoms with Crippen LogP contribution < -0.4 is 5.32 Å². The smallest absolute Gasteiger partial charge is 0.108 e. The molecule has 1 aromatic carbocycles. The van der Waals surface area contributed by atoms with Gasteiger partial charge >= 0.3 is 0 Å². The Balaban J connectivity index is 1.73. The second-order valence-electron chi connectivity index (χ2n) is 4.65. The highest BCUT2D eigenvalue weighted by Crippen LogP contribution is 2.21. The standard InChI is InChI=1S/C14H19ClN2S/c1-11(9-15)5-4-8-16-10-14-17-12-6-2-3-7-13(12)18-14/h2-3,6-7,11,16H,4-5,8-10H2,1H3. The Bertz CT molecular complexity index is 450. The molecule has 0 aliphatic rings. The number of hydrogen-bond donors (Lipinski definition) is 1. The molecule has 0 saturated carbocycles. The van der Waals surface area contributed by atoms with Crippen LogP contribution >= 0.6 is 22.9 Å². The fraction of sp³-hybridized carbons (Fsp3) is 0.500. The van der Waals surface area contributed by atoms with Gasteiger partial charge in [0.2, 0.25) is 0 Å². The van der Waals surface area contributed by atoms with E-state index in [1.165, 1.54) is 22.5 Å². The van der Waals surface area contributed by atoms with E-state index in [9.17, 15) is 0 Å². The molecule has 0 radical (unpaired) electrons. The van der Waals surface area contributed by atoms with Crippen LogP contribution in [-0.2, 0) is 6.54 Å². The van der Waals surface area contributed by atoms with Crippen LogP contribution in [-0.4, -0.2) is 17.4 Å². The number of benzene rings is 1. The van der Waals surface area contributed by atoms with Crippen LogP contribution in [0.5, 0.6) is 0 Å². The summed E-state index contributed by atoms with van der Waals surface area (Å²) in [5.41, 5.74) is 1.11. The molecule has 2 aromatic rings. The van der Waals surface area contributed by atoms with Gasteiger partial charge in [0.1, 0.15) is 5.01 Å². The van der Waals surface area contributed by atoms with Crippen molar-refractivity contribution in [2.24, 2.45) is 5.92 Å². The molecule has 1 aromatic heterocycles. The number of rotatable bonds is 7. The lowest BCUT2D eigenvalue weighted by Crippen LogP contribution is -2.15. The zero-order valence-electron chi connectivity index (χ0n) is 10.7. The SMILES string of the molecule is CC(CCl)CCCNCc1nc2ccccc2s1. The fourth-order valence-corrected chi connectivity index (χ4v) is 2.93. The molecule has 18 heavy (non-hydrogen) atoms. The van der Waals surface area contributed by atoms with Gasteiger partial charge in [-0.25, -0.2) is 4.98 Å². The lowest BCUT2D eigenvalue weighted by atomic mass is 10.1. The molecule has 1 N–H and O–H groups in total. The van der Waals surface area contributed by atoms with Crippen molar-refractivity contribution in [3.8, 4) is 0 Å². The topological polar surface area (TPSA) is 24.9 Å². The molecule has 0 fully saturated rings. The summed E-state index contributed by atoms with van der Waals surface area (Å²) in [6.07, 6.45) is 2.37. The molecule has 0 bridgehead atoms. The zero-order valence-corrected chi connectivity index (χ0v) is 12.2. The van der Waals surface area contributed by atoms with E-state index < -0.39 is 0 Å². The molecule has 2 nitrogen and oxygen atoms in total. The molecule has 1 unspecified atom stereocenters. The molecule has 1 heterocycles. The second-order valence-corrected chi connectivity index (χ2v) is 6.08. The molecule has 0 aliphatic carbocycles. The van der Waals surface area contributed by atoms with Gasteiger partial charge in [0, 0.05) is 12.4 Å². The summed E-state index contributed by atoms with van der Waals surface area (Å²) in [5.74, 6) is 1.38. The van der Waals surface area contributed by atoms with Crippen LogP contribution in [0.25, 0.3) is 10.2 Å². The summed E-state index contributed by atoms with van der Waals surface area (Å²) in [5, 5.41) is 4.62. The molecule has 0 saturated heterocycles. The Morgan fingerprint density at radius 2 is 2.22 bits per heavy atom. The number of thiazole rings is 1. The summed E-state index contributed by atoms with van der Waals surface area (Å²) < 4.78 is 1.27. The van der Waals surface area contributed by atoms with Crippen molar-refractivity contribution in [1.82, 2.24) is 10.3 Å². The molecule has 4 heteroatoms. The normalized spacial score (nSPS) is 13.0. The zero-order chi connectivity index (χ0) is 12.8. The number of para-hydroxylation sites is 1. The maximum atomic E-state index is 5.78. The van der Waals surface area contributed by atoms with Gasteiger partial charge in [0.05, 0.1) is 10.2 Å². The Kier molecular flexibility index (Phi) is 5.42. The highest BCUT2D eigenvalue weighted by molar-refractivity contribution is 7.18. The summed E-state index contributed by atoms with van der Waals surface area (Å²) in [7, 11) is 0. The van der Waals surface area contributed by atoms with Gasteiger partial charge in [-0.15, -0.1) is 22.9 Å². The third-order valence-electron chi connectivity index (χ3n) is 2.93. The van der Waals surface area contributed by atoms with Crippen LogP contribution in [0.4, 0.5) is 0 Å². The van der Waals surface area contributed by atoms with Crippen molar-refractivity contribution >= 4 is 33.2 Å². The number of alkyl halides is 1. The van der Waals surface area contributed by atoms with E-state index in [0.29, 0.717) is 5.92 Å². The quantitative estimate of drug-likeness (QED) is 0.612. The number of hydrogen-bond acceptors (Lipinski definition) is 3. The summed E-state index contributed by atoms with van der Waals surface area (Å²) in [6, 6.07) is 8.29. The maximum absolute atomic E-state index is 5.78. The van der Waals surface area contributed by atoms with Crippen LogP contribution in [0.3, 0.4) is 0 Å². The average Bonchev–Trinajstić information content (AvgIpc) is 2.80. The van der Waals surface area contributed by atoms with E-state index in [4.69, 9.17) is 11.6 Å². The summed E-state index contributed by atoms with van der Waals surface area (Å²) in [4.78, 5) is 4.60. The van der Waals surface area contributed by atoms with Gasteiger partial charge in [-0.1, -0.05) is 19.1 Å². The first-order valence-corrected chi connectivity index (χ1v) is 7.76. The number of aromatic nitrogens is 1. The lowest BCUT2D eigenvalue weighted by Gasteiger charge is -2.06. The van der Waals surface area contributed by atoms with Gasteiger partial charge < -0.3 is 5.32 Å². The van der Waals surface area contributed by atoms with E-state index >= 15 is 0 Å². The average molecular weight is 283 g/mol. The van der Waals surface area contributed by atoms with Gasteiger partial charge in [-0.2, -0.15) is 0 Å². The van der Waals surface area contributed by atoms with Crippen LogP contribution in [0.15, 0.2) is 24.3 Å². The molecular formula is C14H19ClN2S. The molecule has 0 aliphatic heterocycles. The number of fused-ring (bicyclic) bond motifs is 1. The maximum Gasteiger partial charge on any atom is 0.108 e. The van der Waals surface area contributed by atoms with Crippen molar-refractivity contribution in [1.29, 1.82) is 0 Å². The van der Waals surface area contributed by atoms with E-state index in [1.807, 2.05) is 6.07 Å². The third kappa shape index (κ3) is 3.94. The second kappa shape index (κ2) is 7.07. The first-order valence-electron chi connectivity index (χ1n) is 6.40. The first kappa shape index (κ1) is 13.8. The summed E-state index contributed by atoms with van der Waals surface area (Å²) >= 11 is 7.55. The highest BCUT2D eigenvalue weighted by atomic mass is 35.5. The van der Waals surface area contributed by atoms with Gasteiger partial charge in [-0.3, -0.25) is 0 Å². The van der Waals surface area contributed by atoms with Crippen molar-refractivity contribution < 1.29 is 0 Å². The van der Waals surface area contributed by atoms with Crippen LogP contribution in [0.2, 0.25) is 0 Å². The first-order chi connectivity index (χ1) is 8.79. The third-order valence-corrected chi connectivity index (χ3v) is 4.49. The minimum absolute atomic E-state index is 0.621. The van der Waals surface area contributed by atoms with Gasteiger partial charge in [0.25, 0.3) is 0 Å². The van der Waals surface area contributed by atoms with E-state index in [1.54, 1.807) is 11.3 Å². The van der Waals surface area contributed by atoms with E-state index in [0.717, 1.165) is 24.5 Å². The largest absolute Gasteiger partial charge is 0.310 e. The minimum atomic E-state index is 0.621. The predicted octanol–water partition coefficient (Wildman–Crippen LogP) is 4.04. The Hall–Kier alpha value is -0.640. The van der Waals surface area contributed by atoms with Crippen LogP contribution in [0, 0.1) is 5.92 Å². The molecule has 2 rings (SSSR count). The molecule has 98 valence electrons. The molecular weight excluding hydrogens is 264 g/mol. The minimum Gasteiger partial charge on any atom is -0.310 e. The number of nitrogens with one attached hydrogen (secondary N) is 1. The number of halogens is 1. The van der Waals surface area contributed by atoms with Gasteiger partial charge in [0.15, 0.2) is 0 Å². The van der Waals surface area contributed by atoms with Crippen molar-refractivity contribution in [3.63, 3.8) is 0 Å². The highest BCUT2D eigenvalue weighted by Gasteiger charge is 2.03. The van der Waals surface area contributed by atoms with Crippen molar-refractivity contribution in [2.75, 3.05) is 12.4 Å². The Morgan fingerprint density at radius 3 is 3.00 bits per heavy atom. The molecule has 0 amide bonds. The Labute approximate surface area is 117 Å². The number of nitrogens with zero attached hydrogens (tertiary/aromatic N) is 1.